The van der Waals surface area contributed by atoms with Crippen LogP contribution in [0.25, 0.3) is 0 Å². The number of halogens is 2. The molecule has 39 valence electrons. The number of hydrogen-bond donors (Lipinski definition) is 0. The van der Waals surface area contributed by atoms with E-state index in [1.807, 2.05) is 0 Å². The van der Waals surface area contributed by atoms with E-state index in [9.17, 15) is 0 Å². The molecule has 0 bridgehead atoms. The molecule has 0 atom stereocenters. The molecular formula is H2AuCl2OS. The minimum Gasteiger partial charge on any atom is -0.197 e. The van der Waals surface area contributed by atoms with E-state index in [1.54, 1.807) is 0 Å². The number of hydrogen-bond acceptors (Lipinski definition) is 1. The van der Waals surface area contributed by atoms with E-state index in [4.69, 9.17) is 0 Å². The molecule has 0 aliphatic rings. The first kappa shape index (κ1) is 15.9. The van der Waals surface area contributed by atoms with Crippen molar-refractivity contribution in [2.75, 3.05) is 0 Å². The first-order chi connectivity index (χ1) is 1.41. The van der Waals surface area contributed by atoms with Crippen LogP contribution in [0.4, 0.5) is 0 Å². The van der Waals surface area contributed by atoms with Gasteiger partial charge in [0.25, 0.3) is 0 Å². The van der Waals surface area contributed by atoms with Crippen molar-refractivity contribution in [1.29, 1.82) is 0 Å². The zero-order valence-electron chi connectivity index (χ0n) is 1.97. The first-order valence-corrected chi connectivity index (χ1v) is 0.926. The Morgan fingerprint density at radius 1 is 1.20 bits per heavy atom. The van der Waals surface area contributed by atoms with E-state index in [0.717, 1.165) is 0 Å². The summed E-state index contributed by atoms with van der Waals surface area (Å²) in [7, 11) is 0. The Balaban J connectivity index is -0.0000000200. The third-order valence-corrected chi connectivity index (χ3v) is 0. The fraction of sp³-hybridized carbons (Fsp3) is 0. The van der Waals surface area contributed by atoms with Gasteiger partial charge in [-0.15, -0.1) is 0 Å². The molecule has 0 unspecified atom stereocenters. The first-order valence-electron chi connectivity index (χ1n) is 0.309. The smallest absolute Gasteiger partial charge is 0.0832 e. The van der Waals surface area contributed by atoms with Crippen LogP contribution < -0.4 is 0 Å². The SMILES string of the molecule is ClOCl.S.[Au]. The molecule has 0 N–H and O–H groups in total. The summed E-state index contributed by atoms with van der Waals surface area (Å²) in [5, 5.41) is 0. The van der Waals surface area contributed by atoms with Gasteiger partial charge in [-0.05, 0) is 0 Å². The van der Waals surface area contributed by atoms with Crippen molar-refractivity contribution in [1.82, 2.24) is 0 Å². The summed E-state index contributed by atoms with van der Waals surface area (Å²) >= 11 is 8.53. The topological polar surface area (TPSA) is 9.23 Å². The second kappa shape index (κ2) is 17.4. The molecule has 0 saturated carbocycles. The monoisotopic (exact) mass is 317 g/mol. The van der Waals surface area contributed by atoms with Gasteiger partial charge in [0.05, 0.1) is 23.7 Å². The van der Waals surface area contributed by atoms with Crippen LogP contribution in [0.1, 0.15) is 0 Å². The maximum Gasteiger partial charge on any atom is 0.0832 e. The molecule has 5 heteroatoms. The Kier molecular flexibility index (Phi) is 55.7. The fourth-order valence-corrected chi connectivity index (χ4v) is 0. The van der Waals surface area contributed by atoms with Crippen LogP contribution >= 0.6 is 37.2 Å². The molecule has 1 radical (unpaired) electrons. The summed E-state index contributed by atoms with van der Waals surface area (Å²) in [6.45, 7) is 0. The van der Waals surface area contributed by atoms with Crippen LogP contribution in [0.5, 0.6) is 0 Å². The summed E-state index contributed by atoms with van der Waals surface area (Å²) in [6, 6.07) is 0. The van der Waals surface area contributed by atoms with Crippen molar-refractivity contribution < 1.29 is 26.2 Å². The Bertz CT molecular complexity index is 9.61. The van der Waals surface area contributed by atoms with Crippen molar-refractivity contribution >= 4 is 37.2 Å². The molecule has 0 aromatic rings. The molecule has 0 rings (SSSR count). The third kappa shape index (κ3) is 27.9. The van der Waals surface area contributed by atoms with Crippen LogP contribution in [0.2, 0.25) is 0 Å². The standard InChI is InChI=1S/Au.Cl2O.H2S/c;1-3-2;/h;;1H2. The summed E-state index contributed by atoms with van der Waals surface area (Å²) in [5.74, 6) is 0. The predicted octanol–water partition coefficient (Wildman–Crippen LogP) is 1.42. The summed E-state index contributed by atoms with van der Waals surface area (Å²) in [4.78, 5) is 0. The third-order valence-electron chi connectivity index (χ3n) is 0. The van der Waals surface area contributed by atoms with E-state index >= 15 is 0 Å². The molecule has 0 amide bonds. The average molecular weight is 318 g/mol. The average Bonchev–Trinajstić information content (AvgIpc) is 0.918. The van der Waals surface area contributed by atoms with E-state index in [2.05, 4.69) is 27.6 Å². The van der Waals surface area contributed by atoms with E-state index < -0.39 is 0 Å². The maximum absolute atomic E-state index is 4.26. The Hall–Kier alpha value is 1.63. The Morgan fingerprint density at radius 2 is 1.20 bits per heavy atom. The molecular weight excluding hydrogens is 316 g/mol. The van der Waals surface area contributed by atoms with Gasteiger partial charge < -0.3 is 0 Å². The van der Waals surface area contributed by atoms with Gasteiger partial charge in [-0.25, -0.2) is 0 Å². The van der Waals surface area contributed by atoms with Gasteiger partial charge in [0, 0.05) is 22.4 Å². The molecule has 0 aromatic carbocycles. The van der Waals surface area contributed by atoms with Gasteiger partial charge in [-0.2, -0.15) is 17.3 Å². The van der Waals surface area contributed by atoms with E-state index in [-0.39, 0.29) is 35.9 Å². The van der Waals surface area contributed by atoms with Gasteiger partial charge >= 0.3 is 0 Å². The van der Waals surface area contributed by atoms with Crippen molar-refractivity contribution in [3.8, 4) is 0 Å². The minimum atomic E-state index is 0. The van der Waals surface area contributed by atoms with Crippen molar-refractivity contribution in [2.45, 2.75) is 0 Å². The normalized spacial score (nSPS) is 3.60. The van der Waals surface area contributed by atoms with Gasteiger partial charge in [0.15, 0.2) is 0 Å². The summed E-state index contributed by atoms with van der Waals surface area (Å²) in [6.07, 6.45) is 0. The largest absolute Gasteiger partial charge is 0.197 e. The number of rotatable bonds is 0. The van der Waals surface area contributed by atoms with Gasteiger partial charge in [-0.3, -0.25) is 0 Å². The summed E-state index contributed by atoms with van der Waals surface area (Å²) < 4.78 is 3.19. The molecule has 0 aromatic heterocycles. The van der Waals surface area contributed by atoms with Crippen LogP contribution in [-0.2, 0) is 26.2 Å². The Labute approximate surface area is 63.3 Å². The quantitative estimate of drug-likeness (QED) is 0.614. The van der Waals surface area contributed by atoms with Crippen molar-refractivity contribution in [3.05, 3.63) is 0 Å². The molecule has 0 aliphatic heterocycles. The molecule has 0 fully saturated rings. The zero-order valence-corrected chi connectivity index (χ0v) is 6.64. The summed E-state index contributed by atoms with van der Waals surface area (Å²) in [5.41, 5.74) is 0. The second-order valence-electron chi connectivity index (χ2n) is 0.0583. The van der Waals surface area contributed by atoms with E-state index in [0.29, 0.717) is 0 Å². The maximum atomic E-state index is 4.26. The Morgan fingerprint density at radius 3 is 1.20 bits per heavy atom. The van der Waals surface area contributed by atoms with Gasteiger partial charge in [-0.1, -0.05) is 0 Å². The molecule has 0 aliphatic carbocycles. The zero-order chi connectivity index (χ0) is 2.71. The molecule has 0 heterocycles. The van der Waals surface area contributed by atoms with Crippen LogP contribution in [0.3, 0.4) is 0 Å². The molecule has 0 saturated heterocycles. The minimum absolute atomic E-state index is 0. The molecule has 0 spiro atoms. The van der Waals surface area contributed by atoms with Gasteiger partial charge in [0.2, 0.25) is 0 Å². The van der Waals surface area contributed by atoms with Crippen molar-refractivity contribution in [2.24, 2.45) is 0 Å². The van der Waals surface area contributed by atoms with Crippen LogP contribution in [0.15, 0.2) is 0 Å². The van der Waals surface area contributed by atoms with Gasteiger partial charge in [0.1, 0.15) is 0 Å². The second-order valence-corrected chi connectivity index (χ2v) is 0.525. The van der Waals surface area contributed by atoms with Crippen molar-refractivity contribution in [3.63, 3.8) is 0 Å². The van der Waals surface area contributed by atoms with E-state index in [1.165, 1.54) is 0 Å². The molecule has 1 nitrogen and oxygen atoms in total. The van der Waals surface area contributed by atoms with Crippen LogP contribution in [-0.4, -0.2) is 0 Å². The fourth-order valence-electron chi connectivity index (χ4n) is 0. The molecule has 5 heavy (non-hydrogen) atoms. The van der Waals surface area contributed by atoms with Crippen LogP contribution in [0, 0.1) is 0 Å². The predicted molar refractivity (Wildman–Crippen MR) is 23.2 cm³/mol.